The Kier molecular flexibility index (Phi) is 4.34. The van der Waals surface area contributed by atoms with Crippen LogP contribution in [0.3, 0.4) is 0 Å². The number of thioether (sulfide) groups is 1. The lowest BCUT2D eigenvalue weighted by Crippen LogP contribution is -2.40. The quantitative estimate of drug-likeness (QED) is 0.931. The van der Waals surface area contributed by atoms with Gasteiger partial charge in [0, 0.05) is 37.3 Å². The van der Waals surface area contributed by atoms with Gasteiger partial charge in [-0.05, 0) is 25.2 Å². The molecule has 0 aromatic carbocycles. The number of amidine groups is 1. The lowest BCUT2D eigenvalue weighted by atomic mass is 9.75. The molecule has 5 heteroatoms. The van der Waals surface area contributed by atoms with E-state index in [1.54, 1.807) is 0 Å². The predicted molar refractivity (Wildman–Crippen MR) is 85.1 cm³/mol. The number of hydrogen-bond donors (Lipinski definition) is 1. The van der Waals surface area contributed by atoms with E-state index in [2.05, 4.69) is 21.8 Å². The second kappa shape index (κ2) is 6.20. The summed E-state index contributed by atoms with van der Waals surface area (Å²) in [5, 5.41) is 4.68. The SMILES string of the molecule is CC(Cn1ccnc1)NC1=NCC2(CCCCC2)CS1. The summed E-state index contributed by atoms with van der Waals surface area (Å²) in [4.78, 5) is 8.90. The van der Waals surface area contributed by atoms with Crippen molar-refractivity contribution in [2.24, 2.45) is 10.4 Å². The third-order valence-electron chi connectivity index (χ3n) is 4.40. The molecule has 0 bridgehead atoms. The average molecular weight is 292 g/mol. The van der Waals surface area contributed by atoms with Gasteiger partial charge in [0.25, 0.3) is 0 Å². The zero-order valence-electron chi connectivity index (χ0n) is 12.2. The van der Waals surface area contributed by atoms with Crippen LogP contribution < -0.4 is 5.32 Å². The van der Waals surface area contributed by atoms with E-state index in [0.717, 1.165) is 18.3 Å². The van der Waals surface area contributed by atoms with E-state index in [-0.39, 0.29) is 0 Å². The van der Waals surface area contributed by atoms with Crippen LogP contribution in [0.25, 0.3) is 0 Å². The number of hydrogen-bond acceptors (Lipinski definition) is 4. The lowest BCUT2D eigenvalue weighted by Gasteiger charge is -2.38. The third-order valence-corrected chi connectivity index (χ3v) is 5.68. The van der Waals surface area contributed by atoms with Crippen LogP contribution in [0.15, 0.2) is 23.7 Å². The fourth-order valence-corrected chi connectivity index (χ4v) is 4.47. The van der Waals surface area contributed by atoms with Crippen LogP contribution in [0.4, 0.5) is 0 Å². The molecule has 2 aliphatic rings. The van der Waals surface area contributed by atoms with E-state index in [1.165, 1.54) is 37.9 Å². The first kappa shape index (κ1) is 14.0. The van der Waals surface area contributed by atoms with Crippen molar-refractivity contribution < 1.29 is 0 Å². The monoisotopic (exact) mass is 292 g/mol. The van der Waals surface area contributed by atoms with Gasteiger partial charge in [-0.15, -0.1) is 0 Å². The van der Waals surface area contributed by atoms with Crippen LogP contribution in [-0.2, 0) is 6.54 Å². The maximum atomic E-state index is 4.82. The van der Waals surface area contributed by atoms with E-state index < -0.39 is 0 Å². The number of imidazole rings is 1. The van der Waals surface area contributed by atoms with Crippen molar-refractivity contribution in [3.05, 3.63) is 18.7 Å². The highest BCUT2D eigenvalue weighted by Crippen LogP contribution is 2.41. The summed E-state index contributed by atoms with van der Waals surface area (Å²) in [7, 11) is 0. The lowest BCUT2D eigenvalue weighted by molar-refractivity contribution is 0.232. The molecule has 1 fully saturated rings. The van der Waals surface area contributed by atoms with Gasteiger partial charge in [0.2, 0.25) is 0 Å². The van der Waals surface area contributed by atoms with Crippen molar-refractivity contribution in [1.82, 2.24) is 14.9 Å². The summed E-state index contributed by atoms with van der Waals surface area (Å²) in [5.41, 5.74) is 0.516. The van der Waals surface area contributed by atoms with Crippen LogP contribution in [0.1, 0.15) is 39.0 Å². The van der Waals surface area contributed by atoms with Crippen LogP contribution >= 0.6 is 11.8 Å². The van der Waals surface area contributed by atoms with Crippen molar-refractivity contribution in [3.8, 4) is 0 Å². The highest BCUT2D eigenvalue weighted by molar-refractivity contribution is 8.13. The standard InChI is InChI=1S/C15H24N4S/c1-13(9-19-8-7-16-12-19)18-14-17-10-15(11-20-14)5-3-2-4-6-15/h7-8,12-13H,2-6,9-11H2,1H3,(H,17,18). The molecule has 110 valence electrons. The molecule has 1 unspecified atom stereocenters. The largest absolute Gasteiger partial charge is 0.361 e. The molecule has 2 heterocycles. The van der Waals surface area contributed by atoms with Crippen LogP contribution in [0, 0.1) is 5.41 Å². The Morgan fingerprint density at radius 1 is 1.40 bits per heavy atom. The van der Waals surface area contributed by atoms with Gasteiger partial charge in [0.1, 0.15) is 0 Å². The van der Waals surface area contributed by atoms with Crippen molar-refractivity contribution in [3.63, 3.8) is 0 Å². The van der Waals surface area contributed by atoms with E-state index in [1.807, 2.05) is 30.5 Å². The minimum atomic E-state index is 0.385. The number of aliphatic imine (C=N–C) groups is 1. The topological polar surface area (TPSA) is 42.2 Å². The highest BCUT2D eigenvalue weighted by Gasteiger charge is 2.34. The smallest absolute Gasteiger partial charge is 0.156 e. The number of rotatable bonds is 3. The molecule has 0 amide bonds. The maximum absolute atomic E-state index is 4.82. The Bertz CT molecular complexity index is 448. The van der Waals surface area contributed by atoms with Gasteiger partial charge >= 0.3 is 0 Å². The molecule has 1 aromatic heterocycles. The molecule has 3 rings (SSSR count). The van der Waals surface area contributed by atoms with Crippen LogP contribution in [0.2, 0.25) is 0 Å². The first-order chi connectivity index (χ1) is 9.76. The zero-order valence-corrected chi connectivity index (χ0v) is 13.0. The predicted octanol–water partition coefficient (Wildman–Crippen LogP) is 2.91. The van der Waals surface area contributed by atoms with Crippen molar-refractivity contribution in [2.75, 3.05) is 12.3 Å². The summed E-state index contributed by atoms with van der Waals surface area (Å²) >= 11 is 1.92. The van der Waals surface area contributed by atoms with E-state index >= 15 is 0 Å². The highest BCUT2D eigenvalue weighted by atomic mass is 32.2. The van der Waals surface area contributed by atoms with Crippen molar-refractivity contribution in [2.45, 2.75) is 51.6 Å². The number of nitrogens with one attached hydrogen (secondary N) is 1. The van der Waals surface area contributed by atoms with Crippen LogP contribution in [0.5, 0.6) is 0 Å². The minimum Gasteiger partial charge on any atom is -0.361 e. The van der Waals surface area contributed by atoms with Gasteiger partial charge in [0.15, 0.2) is 5.17 Å². The molecule has 1 aliphatic carbocycles. The Hall–Kier alpha value is -0.970. The summed E-state index contributed by atoms with van der Waals surface area (Å²) < 4.78 is 2.11. The van der Waals surface area contributed by atoms with E-state index in [9.17, 15) is 0 Å². The molecule has 0 saturated heterocycles. The Labute approximate surface area is 125 Å². The van der Waals surface area contributed by atoms with Gasteiger partial charge in [-0.2, -0.15) is 0 Å². The number of nitrogens with zero attached hydrogens (tertiary/aromatic N) is 3. The zero-order chi connectivity index (χ0) is 13.8. The minimum absolute atomic E-state index is 0.385. The third kappa shape index (κ3) is 3.37. The van der Waals surface area contributed by atoms with Gasteiger partial charge < -0.3 is 9.88 Å². The van der Waals surface area contributed by atoms with Crippen LogP contribution in [-0.4, -0.2) is 33.1 Å². The first-order valence-corrected chi connectivity index (χ1v) is 8.64. The summed E-state index contributed by atoms with van der Waals surface area (Å²) in [6.45, 7) is 4.17. The molecule has 0 radical (unpaired) electrons. The molecule has 1 saturated carbocycles. The normalized spacial score (nSPS) is 23.4. The second-order valence-corrected chi connectivity index (χ2v) is 7.24. The summed E-state index contributed by atoms with van der Waals surface area (Å²) in [6.07, 6.45) is 12.7. The van der Waals surface area contributed by atoms with E-state index in [4.69, 9.17) is 4.99 Å². The van der Waals surface area contributed by atoms with Crippen molar-refractivity contribution >= 4 is 16.9 Å². The van der Waals surface area contributed by atoms with Crippen molar-refractivity contribution in [1.29, 1.82) is 0 Å². The molecule has 4 nitrogen and oxygen atoms in total. The molecule has 1 spiro atoms. The Balaban J connectivity index is 1.51. The summed E-state index contributed by atoms with van der Waals surface area (Å²) in [5.74, 6) is 1.25. The van der Waals surface area contributed by atoms with E-state index in [0.29, 0.717) is 11.5 Å². The first-order valence-electron chi connectivity index (χ1n) is 7.65. The molecule has 1 atom stereocenters. The fraction of sp³-hybridized carbons (Fsp3) is 0.733. The molecule has 20 heavy (non-hydrogen) atoms. The fourth-order valence-electron chi connectivity index (χ4n) is 3.21. The maximum Gasteiger partial charge on any atom is 0.156 e. The van der Waals surface area contributed by atoms with Gasteiger partial charge in [-0.3, -0.25) is 4.99 Å². The van der Waals surface area contributed by atoms with Gasteiger partial charge in [-0.1, -0.05) is 31.0 Å². The number of aromatic nitrogens is 2. The molecular weight excluding hydrogens is 268 g/mol. The van der Waals surface area contributed by atoms with Gasteiger partial charge in [0.05, 0.1) is 6.33 Å². The Morgan fingerprint density at radius 2 is 2.25 bits per heavy atom. The average Bonchev–Trinajstić information content (AvgIpc) is 2.95. The molecule has 1 N–H and O–H groups in total. The van der Waals surface area contributed by atoms with Gasteiger partial charge in [-0.25, -0.2) is 4.98 Å². The second-order valence-electron chi connectivity index (χ2n) is 6.28. The molecule has 1 aromatic rings. The summed E-state index contributed by atoms with van der Waals surface area (Å²) in [6, 6.07) is 0.385. The Morgan fingerprint density at radius 3 is 2.90 bits per heavy atom. The molecular formula is C15H24N4S. The molecule has 1 aliphatic heterocycles.